The van der Waals surface area contributed by atoms with Crippen LogP contribution in [0.2, 0.25) is 0 Å². The minimum absolute atomic E-state index is 0.276. The summed E-state index contributed by atoms with van der Waals surface area (Å²) in [6.07, 6.45) is 1.70. The fraction of sp³-hybridized carbons (Fsp3) is 0.154. The molecule has 3 rings (SSSR count). The molecular formula is C13H12FN5. The van der Waals surface area contributed by atoms with E-state index in [-0.39, 0.29) is 5.82 Å². The Bertz CT molecular complexity index is 733. The van der Waals surface area contributed by atoms with Crippen molar-refractivity contribution >= 4 is 16.9 Å². The summed E-state index contributed by atoms with van der Waals surface area (Å²) < 4.78 is 14.6. The van der Waals surface area contributed by atoms with Gasteiger partial charge in [-0.05, 0) is 31.2 Å². The molecule has 0 aliphatic rings. The van der Waals surface area contributed by atoms with Crippen molar-refractivity contribution in [2.45, 2.75) is 6.92 Å². The average Bonchev–Trinajstić information content (AvgIpc) is 2.82. The number of nitrogens with zero attached hydrogens (tertiary/aromatic N) is 4. The van der Waals surface area contributed by atoms with Gasteiger partial charge in [-0.25, -0.2) is 19.0 Å². The van der Waals surface area contributed by atoms with E-state index in [1.807, 2.05) is 6.92 Å². The van der Waals surface area contributed by atoms with Crippen LogP contribution in [0.5, 0.6) is 0 Å². The Morgan fingerprint density at radius 1 is 1.16 bits per heavy atom. The zero-order valence-electron chi connectivity index (χ0n) is 10.6. The second-order valence-corrected chi connectivity index (χ2v) is 4.14. The number of hydrogen-bond donors (Lipinski definition) is 1. The van der Waals surface area contributed by atoms with Gasteiger partial charge in [0.05, 0.1) is 17.3 Å². The van der Waals surface area contributed by atoms with Crippen molar-refractivity contribution in [2.24, 2.45) is 0 Å². The molecule has 0 radical (unpaired) electrons. The van der Waals surface area contributed by atoms with Gasteiger partial charge in [0.25, 0.3) is 0 Å². The van der Waals surface area contributed by atoms with Crippen molar-refractivity contribution < 1.29 is 4.39 Å². The minimum Gasteiger partial charge on any atom is -0.372 e. The van der Waals surface area contributed by atoms with Crippen LogP contribution in [-0.4, -0.2) is 26.8 Å². The van der Waals surface area contributed by atoms with Crippen LogP contribution in [0, 0.1) is 12.7 Å². The Labute approximate surface area is 109 Å². The molecule has 96 valence electrons. The summed E-state index contributed by atoms with van der Waals surface area (Å²) in [7, 11) is 1.80. The normalized spacial score (nSPS) is 10.9. The lowest BCUT2D eigenvalue weighted by atomic mass is 10.3. The third kappa shape index (κ3) is 1.91. The first-order valence-electron chi connectivity index (χ1n) is 5.85. The van der Waals surface area contributed by atoms with Crippen LogP contribution in [0.15, 0.2) is 30.5 Å². The smallest absolute Gasteiger partial charge is 0.168 e. The van der Waals surface area contributed by atoms with Crippen LogP contribution >= 0.6 is 0 Å². The Morgan fingerprint density at radius 2 is 1.89 bits per heavy atom. The average molecular weight is 257 g/mol. The highest BCUT2D eigenvalue weighted by Crippen LogP contribution is 2.22. The van der Waals surface area contributed by atoms with Crippen LogP contribution in [0.1, 0.15) is 5.82 Å². The molecule has 0 atom stereocenters. The molecule has 6 heteroatoms. The molecule has 0 saturated heterocycles. The van der Waals surface area contributed by atoms with Crippen molar-refractivity contribution in [3.05, 3.63) is 42.1 Å². The zero-order valence-corrected chi connectivity index (χ0v) is 10.6. The van der Waals surface area contributed by atoms with Crippen LogP contribution in [0.4, 0.5) is 10.2 Å². The van der Waals surface area contributed by atoms with Gasteiger partial charge in [-0.15, -0.1) is 0 Å². The van der Waals surface area contributed by atoms with Gasteiger partial charge in [0.1, 0.15) is 17.5 Å². The maximum absolute atomic E-state index is 13.0. The summed E-state index contributed by atoms with van der Waals surface area (Å²) in [6.45, 7) is 1.82. The molecule has 0 bridgehead atoms. The predicted molar refractivity (Wildman–Crippen MR) is 70.9 cm³/mol. The molecule has 19 heavy (non-hydrogen) atoms. The lowest BCUT2D eigenvalue weighted by molar-refractivity contribution is 0.627. The first-order chi connectivity index (χ1) is 9.19. The second kappa shape index (κ2) is 4.31. The van der Waals surface area contributed by atoms with E-state index >= 15 is 0 Å². The fourth-order valence-electron chi connectivity index (χ4n) is 1.98. The first kappa shape index (κ1) is 11.6. The highest BCUT2D eigenvalue weighted by Gasteiger charge is 2.11. The largest absolute Gasteiger partial charge is 0.372 e. The molecule has 0 spiro atoms. The highest BCUT2D eigenvalue weighted by molar-refractivity contribution is 5.87. The molecule has 3 aromatic rings. The summed E-state index contributed by atoms with van der Waals surface area (Å²) in [6, 6.07) is 6.13. The molecule has 5 nitrogen and oxygen atoms in total. The zero-order chi connectivity index (χ0) is 13.4. The molecular weight excluding hydrogens is 245 g/mol. The Balaban J connectivity index is 2.25. The second-order valence-electron chi connectivity index (χ2n) is 4.14. The van der Waals surface area contributed by atoms with Gasteiger partial charge in [-0.1, -0.05) is 0 Å². The van der Waals surface area contributed by atoms with E-state index in [9.17, 15) is 4.39 Å². The lowest BCUT2D eigenvalue weighted by Gasteiger charge is -2.05. The van der Waals surface area contributed by atoms with Gasteiger partial charge < -0.3 is 5.32 Å². The number of halogens is 1. The van der Waals surface area contributed by atoms with Gasteiger partial charge in [-0.2, -0.15) is 5.10 Å². The summed E-state index contributed by atoms with van der Waals surface area (Å²) in [4.78, 5) is 8.70. The Morgan fingerprint density at radius 3 is 2.58 bits per heavy atom. The molecule has 2 heterocycles. The van der Waals surface area contributed by atoms with E-state index in [4.69, 9.17) is 0 Å². The number of aromatic nitrogens is 4. The van der Waals surface area contributed by atoms with Crippen LogP contribution < -0.4 is 5.32 Å². The number of benzene rings is 1. The molecule has 1 N–H and O–H groups in total. The monoisotopic (exact) mass is 257 g/mol. The van der Waals surface area contributed by atoms with E-state index in [0.29, 0.717) is 11.5 Å². The van der Waals surface area contributed by atoms with Crippen LogP contribution in [0.25, 0.3) is 16.7 Å². The quantitative estimate of drug-likeness (QED) is 0.765. The molecule has 1 aromatic carbocycles. The maximum atomic E-state index is 13.0. The lowest BCUT2D eigenvalue weighted by Crippen LogP contribution is -2.01. The molecule has 0 amide bonds. The minimum atomic E-state index is -0.276. The van der Waals surface area contributed by atoms with Gasteiger partial charge in [0.15, 0.2) is 5.65 Å². The number of hydrogen-bond acceptors (Lipinski definition) is 4. The topological polar surface area (TPSA) is 55.6 Å². The van der Waals surface area contributed by atoms with Crippen molar-refractivity contribution in [3.63, 3.8) is 0 Å². The number of rotatable bonds is 2. The van der Waals surface area contributed by atoms with Crippen molar-refractivity contribution in [1.82, 2.24) is 19.7 Å². The molecule has 0 aliphatic heterocycles. The van der Waals surface area contributed by atoms with Crippen LogP contribution in [-0.2, 0) is 0 Å². The van der Waals surface area contributed by atoms with Crippen molar-refractivity contribution in [2.75, 3.05) is 12.4 Å². The van der Waals surface area contributed by atoms with Crippen molar-refractivity contribution in [1.29, 1.82) is 0 Å². The molecule has 0 saturated carbocycles. The Hall–Kier alpha value is -2.50. The van der Waals surface area contributed by atoms with Gasteiger partial charge >= 0.3 is 0 Å². The van der Waals surface area contributed by atoms with E-state index in [0.717, 1.165) is 16.9 Å². The standard InChI is InChI=1S/C13H12FN5/c1-8-17-12(15-2)11-7-16-19(13(11)18-8)10-5-3-9(14)4-6-10/h3-7H,1-2H3,(H,15,17,18). The molecule has 0 fully saturated rings. The fourth-order valence-corrected chi connectivity index (χ4v) is 1.98. The summed E-state index contributed by atoms with van der Waals surface area (Å²) in [5.74, 6) is 1.11. The predicted octanol–water partition coefficient (Wildman–Crippen LogP) is 2.30. The van der Waals surface area contributed by atoms with E-state index in [1.54, 1.807) is 30.1 Å². The highest BCUT2D eigenvalue weighted by atomic mass is 19.1. The summed E-state index contributed by atoms with van der Waals surface area (Å²) in [5.41, 5.74) is 1.46. The maximum Gasteiger partial charge on any atom is 0.168 e. The van der Waals surface area contributed by atoms with Gasteiger partial charge in [-0.3, -0.25) is 0 Å². The summed E-state index contributed by atoms with van der Waals surface area (Å²) >= 11 is 0. The SMILES string of the molecule is CNc1nc(C)nc2c1cnn2-c1ccc(F)cc1. The molecule has 0 unspecified atom stereocenters. The number of anilines is 1. The Kier molecular flexibility index (Phi) is 2.63. The van der Waals surface area contributed by atoms with E-state index in [1.165, 1.54) is 12.1 Å². The van der Waals surface area contributed by atoms with E-state index < -0.39 is 0 Å². The summed E-state index contributed by atoms with van der Waals surface area (Å²) in [5, 5.41) is 8.15. The van der Waals surface area contributed by atoms with Crippen molar-refractivity contribution in [3.8, 4) is 5.69 Å². The van der Waals surface area contributed by atoms with Gasteiger partial charge in [0, 0.05) is 7.05 Å². The van der Waals surface area contributed by atoms with Crippen LogP contribution in [0.3, 0.4) is 0 Å². The number of aryl methyl sites for hydroxylation is 1. The first-order valence-corrected chi connectivity index (χ1v) is 5.85. The van der Waals surface area contributed by atoms with Gasteiger partial charge in [0.2, 0.25) is 0 Å². The number of nitrogens with one attached hydrogen (secondary N) is 1. The third-order valence-corrected chi connectivity index (χ3v) is 2.85. The van der Waals surface area contributed by atoms with E-state index in [2.05, 4.69) is 20.4 Å². The molecule has 0 aliphatic carbocycles. The molecule has 2 aromatic heterocycles. The third-order valence-electron chi connectivity index (χ3n) is 2.85. The number of fused-ring (bicyclic) bond motifs is 1.